The summed E-state index contributed by atoms with van der Waals surface area (Å²) >= 11 is 0. The molecule has 0 N–H and O–H groups in total. The smallest absolute Gasteiger partial charge is 0.283 e. The molecule has 1 fully saturated rings. The second-order valence-corrected chi connectivity index (χ2v) is 7.10. The van der Waals surface area contributed by atoms with E-state index in [1.54, 1.807) is 12.1 Å². The van der Waals surface area contributed by atoms with Crippen molar-refractivity contribution in [2.45, 2.75) is 65.5 Å². The van der Waals surface area contributed by atoms with Crippen molar-refractivity contribution in [3.63, 3.8) is 0 Å². The lowest BCUT2D eigenvalue weighted by molar-refractivity contribution is 0.0710. The van der Waals surface area contributed by atoms with Crippen LogP contribution in [-0.4, -0.2) is 26.6 Å². The molecular weight excluding hydrogens is 386 g/mol. The van der Waals surface area contributed by atoms with Gasteiger partial charge in [-0.25, -0.2) is 17.9 Å². The van der Waals surface area contributed by atoms with Crippen LogP contribution < -0.4 is 0 Å². The van der Waals surface area contributed by atoms with E-state index in [2.05, 4.69) is 5.10 Å². The maximum atomic E-state index is 14.5. The number of amides is 1. The van der Waals surface area contributed by atoms with Crippen molar-refractivity contribution in [2.24, 2.45) is 7.05 Å². The van der Waals surface area contributed by atoms with Gasteiger partial charge in [0.2, 0.25) is 5.95 Å². The van der Waals surface area contributed by atoms with Crippen molar-refractivity contribution in [1.82, 2.24) is 14.7 Å². The number of hydrogen-bond donors (Lipinski definition) is 0. The average molecular weight is 413 g/mol. The molecular formula is C21H27F4N3O. The number of aryl methyl sites for hydroxylation is 1. The molecule has 160 valence electrons. The van der Waals surface area contributed by atoms with Gasteiger partial charge in [0.05, 0.1) is 0 Å². The lowest BCUT2D eigenvalue weighted by Crippen LogP contribution is -2.34. The lowest BCUT2D eigenvalue weighted by Gasteiger charge is -2.25. The fraction of sp³-hybridized carbons (Fsp3) is 0.524. The van der Waals surface area contributed by atoms with Crippen LogP contribution in [0.4, 0.5) is 17.6 Å². The van der Waals surface area contributed by atoms with Crippen LogP contribution >= 0.6 is 0 Å². The van der Waals surface area contributed by atoms with Crippen LogP contribution in [0, 0.1) is 11.8 Å². The highest BCUT2D eigenvalue weighted by Gasteiger charge is 2.38. The summed E-state index contributed by atoms with van der Waals surface area (Å²) in [4.78, 5) is 14.2. The molecule has 1 aromatic heterocycles. The Kier molecular flexibility index (Phi) is 7.43. The van der Waals surface area contributed by atoms with Gasteiger partial charge >= 0.3 is 0 Å². The largest absolute Gasteiger partial charge is 0.331 e. The Labute approximate surface area is 168 Å². The Morgan fingerprint density at radius 2 is 1.86 bits per heavy atom. The van der Waals surface area contributed by atoms with Crippen molar-refractivity contribution in [1.29, 1.82) is 0 Å². The third-order valence-electron chi connectivity index (χ3n) is 4.78. The highest BCUT2D eigenvalue weighted by Crippen LogP contribution is 2.34. The number of alkyl halides is 2. The van der Waals surface area contributed by atoms with Gasteiger partial charge in [0, 0.05) is 25.2 Å². The van der Waals surface area contributed by atoms with Gasteiger partial charge in [-0.3, -0.25) is 4.79 Å². The summed E-state index contributed by atoms with van der Waals surface area (Å²) in [5.74, 6) is -2.45. The maximum Gasteiger partial charge on any atom is 0.283 e. The second-order valence-electron chi connectivity index (χ2n) is 7.10. The van der Waals surface area contributed by atoms with E-state index in [4.69, 9.17) is 0 Å². The van der Waals surface area contributed by atoms with Crippen LogP contribution in [0.5, 0.6) is 0 Å². The molecule has 0 radical (unpaired) electrons. The van der Waals surface area contributed by atoms with Crippen molar-refractivity contribution in [3.05, 3.63) is 52.3 Å². The minimum Gasteiger partial charge on any atom is -0.331 e. The van der Waals surface area contributed by atoms with Gasteiger partial charge in [-0.15, -0.1) is 0 Å². The van der Waals surface area contributed by atoms with E-state index in [0.717, 1.165) is 12.6 Å². The number of carbonyl (C=O) groups excluding carboxylic acids is 1. The topological polar surface area (TPSA) is 38.1 Å². The summed E-state index contributed by atoms with van der Waals surface area (Å²) < 4.78 is 55.9. The third-order valence-corrected chi connectivity index (χ3v) is 4.78. The zero-order chi connectivity index (χ0) is 21.9. The molecule has 0 unspecified atom stereocenters. The summed E-state index contributed by atoms with van der Waals surface area (Å²) in [7, 11) is 1.16. The van der Waals surface area contributed by atoms with Crippen LogP contribution in [0.3, 0.4) is 0 Å². The van der Waals surface area contributed by atoms with Crippen molar-refractivity contribution in [3.8, 4) is 0 Å². The molecule has 3 rings (SSSR count). The third kappa shape index (κ3) is 4.79. The van der Waals surface area contributed by atoms with Gasteiger partial charge in [0.25, 0.3) is 12.3 Å². The summed E-state index contributed by atoms with van der Waals surface area (Å²) in [6.07, 6.45) is -1.74. The monoisotopic (exact) mass is 413 g/mol. The molecule has 1 heterocycles. The van der Waals surface area contributed by atoms with Gasteiger partial charge in [0.15, 0.2) is 0 Å². The Morgan fingerprint density at radius 1 is 1.24 bits per heavy atom. The van der Waals surface area contributed by atoms with Gasteiger partial charge in [-0.1, -0.05) is 39.8 Å². The van der Waals surface area contributed by atoms with Crippen LogP contribution in [0.1, 0.15) is 80.1 Å². The molecule has 29 heavy (non-hydrogen) atoms. The van der Waals surface area contributed by atoms with E-state index in [-0.39, 0.29) is 18.5 Å². The van der Waals surface area contributed by atoms with Crippen molar-refractivity contribution >= 4 is 5.91 Å². The summed E-state index contributed by atoms with van der Waals surface area (Å²) in [6.45, 7) is 7.70. The van der Waals surface area contributed by atoms with E-state index >= 15 is 0 Å². The van der Waals surface area contributed by atoms with Gasteiger partial charge in [0.1, 0.15) is 17.1 Å². The van der Waals surface area contributed by atoms with E-state index in [9.17, 15) is 22.4 Å². The summed E-state index contributed by atoms with van der Waals surface area (Å²) in [5, 5.41) is 3.43. The molecule has 8 heteroatoms. The molecule has 2 aromatic rings. The molecule has 0 bridgehead atoms. The fourth-order valence-electron chi connectivity index (χ4n) is 3.22. The van der Waals surface area contributed by atoms with Crippen LogP contribution in [0.2, 0.25) is 0 Å². The molecule has 1 saturated carbocycles. The first-order valence-electron chi connectivity index (χ1n) is 9.81. The average Bonchev–Trinajstić information content (AvgIpc) is 3.47. The molecule has 1 amide bonds. The fourth-order valence-corrected chi connectivity index (χ4v) is 3.22. The zero-order valence-electron chi connectivity index (χ0n) is 17.3. The van der Waals surface area contributed by atoms with Gasteiger partial charge < -0.3 is 4.90 Å². The van der Waals surface area contributed by atoms with Gasteiger partial charge in [-0.05, 0) is 30.4 Å². The minimum atomic E-state index is -3.08. The molecule has 1 aromatic carbocycles. The number of carbonyl (C=O) groups is 1. The highest BCUT2D eigenvalue weighted by atomic mass is 19.3. The van der Waals surface area contributed by atoms with Crippen LogP contribution in [0.25, 0.3) is 0 Å². The number of aromatic nitrogens is 2. The Balaban J connectivity index is 0.00000145. The molecule has 1 aliphatic rings. The maximum absolute atomic E-state index is 14.5. The predicted molar refractivity (Wildman–Crippen MR) is 103 cm³/mol. The SMILES string of the molecule is CC.CC(C)c1cccc(F)c1CN(C(=O)c1c(C(F)F)nn(C)c1F)C1CC1. The lowest BCUT2D eigenvalue weighted by atomic mass is 9.96. The molecule has 0 atom stereocenters. The van der Waals surface area contributed by atoms with E-state index in [1.165, 1.54) is 11.0 Å². The van der Waals surface area contributed by atoms with E-state index < -0.39 is 35.4 Å². The molecule has 0 saturated heterocycles. The van der Waals surface area contributed by atoms with Crippen molar-refractivity contribution < 1.29 is 22.4 Å². The number of benzene rings is 1. The predicted octanol–water partition coefficient (Wildman–Crippen LogP) is 5.59. The second kappa shape index (κ2) is 9.41. The Bertz CT molecular complexity index is 860. The standard InChI is InChI=1S/C19H21F4N3O.C2H6/c1-10(2)12-5-4-6-14(20)13(12)9-26(11-7-8-11)19(27)15-16(17(21)22)24-25(3)18(15)23;1-2/h4-6,10-11,17H,7-9H2,1-3H3;1-2H3. The van der Waals surface area contributed by atoms with E-state index in [0.29, 0.717) is 23.1 Å². The van der Waals surface area contributed by atoms with Crippen molar-refractivity contribution in [2.75, 3.05) is 0 Å². The first-order valence-corrected chi connectivity index (χ1v) is 9.81. The first-order chi connectivity index (χ1) is 13.7. The number of halogens is 4. The number of hydrogen-bond acceptors (Lipinski definition) is 2. The highest BCUT2D eigenvalue weighted by molar-refractivity contribution is 5.96. The van der Waals surface area contributed by atoms with E-state index in [1.807, 2.05) is 27.7 Å². The number of rotatable bonds is 6. The summed E-state index contributed by atoms with van der Waals surface area (Å²) in [6, 6.07) is 4.44. The normalized spacial score (nSPS) is 13.5. The quantitative estimate of drug-likeness (QED) is 0.579. The molecule has 0 aliphatic heterocycles. The first kappa shape index (κ1) is 22.9. The van der Waals surface area contributed by atoms with Crippen LogP contribution in [-0.2, 0) is 13.6 Å². The number of nitrogens with zero attached hydrogens (tertiary/aromatic N) is 3. The molecule has 4 nitrogen and oxygen atoms in total. The Hall–Kier alpha value is -2.38. The Morgan fingerprint density at radius 3 is 2.38 bits per heavy atom. The zero-order valence-corrected chi connectivity index (χ0v) is 17.3. The molecule has 1 aliphatic carbocycles. The van der Waals surface area contributed by atoms with Gasteiger partial charge in [-0.2, -0.15) is 9.49 Å². The minimum absolute atomic E-state index is 0.0126. The van der Waals surface area contributed by atoms with Crippen LogP contribution in [0.15, 0.2) is 18.2 Å². The molecule has 0 spiro atoms. The summed E-state index contributed by atoms with van der Waals surface area (Å²) in [5.41, 5.74) is -0.560.